The lowest BCUT2D eigenvalue weighted by Crippen LogP contribution is -2.14. The van der Waals surface area contributed by atoms with Crippen molar-refractivity contribution in [3.8, 4) is 0 Å². The molecule has 7 nitrogen and oxygen atoms in total. The topological polar surface area (TPSA) is 81.4 Å². The van der Waals surface area contributed by atoms with E-state index in [1.54, 1.807) is 7.05 Å². The van der Waals surface area contributed by atoms with Crippen molar-refractivity contribution in [2.45, 2.75) is 29.7 Å². The molecule has 0 saturated heterocycles. The first-order valence-corrected chi connectivity index (χ1v) is 6.82. The van der Waals surface area contributed by atoms with Crippen LogP contribution in [0.1, 0.15) is 19.2 Å². The zero-order valence-electron chi connectivity index (χ0n) is 11.2. The molecule has 21 heavy (non-hydrogen) atoms. The molecule has 2 heterocycles. The van der Waals surface area contributed by atoms with E-state index in [1.807, 2.05) is 6.92 Å². The summed E-state index contributed by atoms with van der Waals surface area (Å²) in [5, 5.41) is 14.0. The lowest BCUT2D eigenvalue weighted by molar-refractivity contribution is -0.145. The Morgan fingerprint density at radius 3 is 2.67 bits per heavy atom. The predicted molar refractivity (Wildman–Crippen MR) is 68.7 cm³/mol. The number of alkyl halides is 3. The number of hydrogen-bond acceptors (Lipinski definition) is 7. The van der Waals surface area contributed by atoms with Crippen LogP contribution in [0.5, 0.6) is 0 Å². The van der Waals surface area contributed by atoms with Crippen molar-refractivity contribution in [3.63, 3.8) is 0 Å². The van der Waals surface area contributed by atoms with Crippen LogP contribution in [0.25, 0.3) is 0 Å². The molecule has 114 valence electrons. The number of hydrogen-bond donors (Lipinski definition) is 1. The first kappa shape index (κ1) is 15.5. The van der Waals surface area contributed by atoms with E-state index in [4.69, 9.17) is 0 Å². The van der Waals surface area contributed by atoms with Gasteiger partial charge in [-0.25, -0.2) is 14.6 Å². The summed E-state index contributed by atoms with van der Waals surface area (Å²) >= 11 is 0.935. The smallest absolute Gasteiger partial charge is 0.370 e. The first-order valence-electron chi connectivity index (χ1n) is 6.00. The molecule has 0 aromatic carbocycles. The highest BCUT2D eigenvalue weighted by Crippen LogP contribution is 2.31. The molecule has 0 unspecified atom stereocenters. The number of aryl methyl sites for hydroxylation is 1. The third-order valence-electron chi connectivity index (χ3n) is 2.29. The number of rotatable bonds is 5. The zero-order chi connectivity index (χ0) is 15.5. The van der Waals surface area contributed by atoms with E-state index >= 15 is 0 Å². The minimum Gasteiger partial charge on any atom is -0.370 e. The van der Waals surface area contributed by atoms with Crippen LogP contribution in [0.2, 0.25) is 0 Å². The summed E-state index contributed by atoms with van der Waals surface area (Å²) in [6, 6.07) is 1.43. The first-order chi connectivity index (χ1) is 9.90. The van der Waals surface area contributed by atoms with Gasteiger partial charge in [-0.15, -0.1) is 5.10 Å². The molecular formula is C10H12F3N7S. The van der Waals surface area contributed by atoms with Gasteiger partial charge in [0, 0.05) is 19.7 Å². The Kier molecular flexibility index (Phi) is 4.60. The third kappa shape index (κ3) is 4.03. The van der Waals surface area contributed by atoms with Crippen LogP contribution in [-0.4, -0.2) is 36.7 Å². The molecule has 0 atom stereocenters. The van der Waals surface area contributed by atoms with E-state index in [0.29, 0.717) is 11.7 Å². The Hall–Kier alpha value is -1.91. The maximum Gasteiger partial charge on any atom is 0.451 e. The zero-order valence-corrected chi connectivity index (χ0v) is 12.0. The molecule has 0 radical (unpaired) electrons. The van der Waals surface area contributed by atoms with Gasteiger partial charge >= 0.3 is 6.18 Å². The van der Waals surface area contributed by atoms with Crippen LogP contribution in [0.3, 0.4) is 0 Å². The Labute approximate surface area is 122 Å². The predicted octanol–water partition coefficient (Wildman–Crippen LogP) is 1.99. The van der Waals surface area contributed by atoms with Gasteiger partial charge in [-0.05, 0) is 28.6 Å². The van der Waals surface area contributed by atoms with Gasteiger partial charge in [0.2, 0.25) is 11.0 Å². The lowest BCUT2D eigenvalue weighted by Gasteiger charge is -2.10. The molecular weight excluding hydrogens is 307 g/mol. The van der Waals surface area contributed by atoms with Gasteiger partial charge in [-0.2, -0.15) is 13.2 Å². The van der Waals surface area contributed by atoms with Gasteiger partial charge in [-0.1, -0.05) is 6.92 Å². The number of nitrogens with one attached hydrogen (secondary N) is 1. The fourth-order valence-corrected chi connectivity index (χ4v) is 2.08. The summed E-state index contributed by atoms with van der Waals surface area (Å²) in [6.07, 6.45) is -3.85. The summed E-state index contributed by atoms with van der Waals surface area (Å²) in [5.74, 6) is -1.07. The Balaban J connectivity index is 2.33. The summed E-state index contributed by atoms with van der Waals surface area (Å²) in [7, 11) is 1.59. The van der Waals surface area contributed by atoms with Gasteiger partial charge in [0.1, 0.15) is 10.8 Å². The second-order valence-electron chi connectivity index (χ2n) is 4.03. The van der Waals surface area contributed by atoms with E-state index in [0.717, 1.165) is 18.2 Å². The maximum absolute atomic E-state index is 12.8. The second-order valence-corrected chi connectivity index (χ2v) is 5.01. The molecule has 0 aliphatic carbocycles. The van der Waals surface area contributed by atoms with Crippen molar-refractivity contribution in [3.05, 3.63) is 11.9 Å². The van der Waals surface area contributed by atoms with Crippen LogP contribution in [0.4, 0.5) is 19.0 Å². The molecule has 2 aromatic rings. The number of tetrazole rings is 1. The van der Waals surface area contributed by atoms with Crippen LogP contribution >= 0.6 is 11.8 Å². The standard InChI is InChI=1S/C10H12F3N7S/c1-3-4-14-6-5-7(16-8(15-6)10(11,12)13)21-9-17-18-19-20(9)2/h5H,3-4H2,1-2H3,(H,14,15,16). The van der Waals surface area contributed by atoms with E-state index in [-0.39, 0.29) is 10.8 Å². The molecule has 0 bridgehead atoms. The average Bonchev–Trinajstić information content (AvgIpc) is 2.81. The Morgan fingerprint density at radius 1 is 1.33 bits per heavy atom. The van der Waals surface area contributed by atoms with Crippen LogP contribution in [0.15, 0.2) is 16.2 Å². The van der Waals surface area contributed by atoms with E-state index < -0.39 is 12.0 Å². The van der Waals surface area contributed by atoms with Gasteiger partial charge in [0.15, 0.2) is 0 Å². The highest BCUT2D eigenvalue weighted by molar-refractivity contribution is 7.99. The van der Waals surface area contributed by atoms with Crippen molar-refractivity contribution < 1.29 is 13.2 Å². The highest BCUT2D eigenvalue weighted by atomic mass is 32.2. The SMILES string of the molecule is CCCNc1cc(Sc2nnnn2C)nc(C(F)(F)F)n1. The van der Waals surface area contributed by atoms with Crippen LogP contribution < -0.4 is 5.32 Å². The summed E-state index contributed by atoms with van der Waals surface area (Å²) in [5.41, 5.74) is 0. The van der Waals surface area contributed by atoms with Crippen molar-refractivity contribution in [1.82, 2.24) is 30.2 Å². The van der Waals surface area contributed by atoms with Crippen LogP contribution in [0, 0.1) is 0 Å². The van der Waals surface area contributed by atoms with Gasteiger partial charge in [0.25, 0.3) is 0 Å². The molecule has 0 aliphatic heterocycles. The molecule has 0 amide bonds. The summed E-state index contributed by atoms with van der Waals surface area (Å²) in [6.45, 7) is 2.42. The number of halogens is 3. The monoisotopic (exact) mass is 319 g/mol. The molecule has 2 rings (SSSR count). The lowest BCUT2D eigenvalue weighted by atomic mass is 10.4. The van der Waals surface area contributed by atoms with Gasteiger partial charge < -0.3 is 5.32 Å². The molecule has 0 aliphatic rings. The summed E-state index contributed by atoms with van der Waals surface area (Å²) < 4.78 is 39.8. The van der Waals surface area contributed by atoms with Crippen molar-refractivity contribution in [2.24, 2.45) is 7.05 Å². The molecule has 11 heteroatoms. The third-order valence-corrected chi connectivity index (χ3v) is 3.24. The van der Waals surface area contributed by atoms with Crippen molar-refractivity contribution in [2.75, 3.05) is 11.9 Å². The van der Waals surface area contributed by atoms with E-state index in [2.05, 4.69) is 30.8 Å². The van der Waals surface area contributed by atoms with Gasteiger partial charge in [-0.3, -0.25) is 0 Å². The minimum absolute atomic E-state index is 0.119. The number of aromatic nitrogens is 6. The Bertz CT molecular complexity index is 613. The fourth-order valence-electron chi connectivity index (χ4n) is 1.35. The normalized spacial score (nSPS) is 11.7. The largest absolute Gasteiger partial charge is 0.451 e. The van der Waals surface area contributed by atoms with E-state index in [9.17, 15) is 13.2 Å². The van der Waals surface area contributed by atoms with E-state index in [1.165, 1.54) is 10.7 Å². The van der Waals surface area contributed by atoms with Gasteiger partial charge in [0.05, 0.1) is 0 Å². The quantitative estimate of drug-likeness (QED) is 0.844. The van der Waals surface area contributed by atoms with Crippen molar-refractivity contribution in [1.29, 1.82) is 0 Å². The summed E-state index contributed by atoms with van der Waals surface area (Å²) in [4.78, 5) is 6.98. The second kappa shape index (κ2) is 6.24. The maximum atomic E-state index is 12.8. The number of nitrogens with zero attached hydrogens (tertiary/aromatic N) is 6. The highest BCUT2D eigenvalue weighted by Gasteiger charge is 2.35. The van der Waals surface area contributed by atoms with Crippen molar-refractivity contribution >= 4 is 17.6 Å². The fraction of sp³-hybridized carbons (Fsp3) is 0.500. The molecule has 0 spiro atoms. The Morgan fingerprint density at radius 2 is 2.10 bits per heavy atom. The average molecular weight is 319 g/mol. The molecule has 0 fully saturated rings. The molecule has 1 N–H and O–H groups in total. The number of anilines is 1. The van der Waals surface area contributed by atoms with Crippen LogP contribution in [-0.2, 0) is 13.2 Å². The molecule has 2 aromatic heterocycles. The molecule has 0 saturated carbocycles. The minimum atomic E-state index is -4.61.